The van der Waals surface area contributed by atoms with Crippen LogP contribution in [-0.4, -0.2) is 12.6 Å². The van der Waals surface area contributed by atoms with Crippen molar-refractivity contribution in [2.45, 2.75) is 18.9 Å². The monoisotopic (exact) mass is 191 g/mol. The number of hydrogen-bond donors (Lipinski definition) is 1. The molecule has 0 spiro atoms. The van der Waals surface area contributed by atoms with E-state index in [9.17, 15) is 0 Å². The summed E-state index contributed by atoms with van der Waals surface area (Å²) in [7, 11) is 0. The molecule has 0 heterocycles. The molecule has 11 heavy (non-hydrogen) atoms. The molecule has 0 aromatic carbocycles. The molecule has 0 unspecified atom stereocenters. The van der Waals surface area contributed by atoms with Gasteiger partial charge in [-0.1, -0.05) is 35.4 Å². The van der Waals surface area contributed by atoms with Crippen molar-refractivity contribution in [1.82, 2.24) is 5.32 Å². The number of halogens is 2. The topological polar surface area (TPSA) is 12.0 Å². The van der Waals surface area contributed by atoms with Crippen LogP contribution in [0.15, 0.2) is 22.7 Å². The Hall–Kier alpha value is 0.0200. The van der Waals surface area contributed by atoms with Gasteiger partial charge in [0.15, 0.2) is 0 Å². The molecule has 0 fully saturated rings. The zero-order valence-corrected chi connectivity index (χ0v) is 7.70. The molecule has 1 nitrogen and oxygen atoms in total. The summed E-state index contributed by atoms with van der Waals surface area (Å²) in [5, 5.41) is 3.95. The van der Waals surface area contributed by atoms with Gasteiger partial charge in [0, 0.05) is 23.2 Å². The maximum Gasteiger partial charge on any atom is 0.0432 e. The van der Waals surface area contributed by atoms with Crippen LogP contribution in [0.4, 0.5) is 0 Å². The van der Waals surface area contributed by atoms with Crippen molar-refractivity contribution in [1.29, 1.82) is 0 Å². The average Bonchev–Trinajstić information content (AvgIpc) is 2.52. The van der Waals surface area contributed by atoms with Crippen molar-refractivity contribution >= 4 is 23.2 Å². The molecule has 1 aliphatic rings. The maximum atomic E-state index is 5.69. The van der Waals surface area contributed by atoms with E-state index in [0.717, 1.165) is 12.8 Å². The van der Waals surface area contributed by atoms with E-state index < -0.39 is 0 Å². The summed E-state index contributed by atoms with van der Waals surface area (Å²) in [6.45, 7) is 0.678. The quantitative estimate of drug-likeness (QED) is 0.677. The third kappa shape index (κ3) is 3.28. The van der Waals surface area contributed by atoms with Crippen molar-refractivity contribution in [3.63, 3.8) is 0 Å². The molecule has 0 saturated carbocycles. The van der Waals surface area contributed by atoms with Crippen LogP contribution in [-0.2, 0) is 0 Å². The number of nitrogens with one attached hydrogen (secondary N) is 1. The van der Waals surface area contributed by atoms with Crippen molar-refractivity contribution in [3.8, 4) is 0 Å². The predicted octanol–water partition coefficient (Wildman–Crippen LogP) is 2.61. The van der Waals surface area contributed by atoms with Crippen molar-refractivity contribution in [2.75, 3.05) is 6.54 Å². The predicted molar refractivity (Wildman–Crippen MR) is 50.0 cm³/mol. The molecule has 0 atom stereocenters. The van der Waals surface area contributed by atoms with Gasteiger partial charge in [-0.05, 0) is 12.8 Å². The van der Waals surface area contributed by atoms with Crippen molar-refractivity contribution < 1.29 is 0 Å². The number of rotatable bonds is 3. The number of hydrogen-bond acceptors (Lipinski definition) is 1. The molecule has 0 aliphatic heterocycles. The first-order valence-corrected chi connectivity index (χ1v) is 4.47. The lowest BCUT2D eigenvalue weighted by Crippen LogP contribution is -2.27. The van der Waals surface area contributed by atoms with E-state index in [1.165, 1.54) is 5.54 Å². The Bertz CT molecular complexity index is 167. The Kier molecular flexibility index (Phi) is 3.98. The molecule has 0 radical (unpaired) electrons. The minimum absolute atomic E-state index is 0.556. The zero-order chi connectivity index (χ0) is 8.10. The van der Waals surface area contributed by atoms with Crippen LogP contribution < -0.4 is 5.32 Å². The van der Waals surface area contributed by atoms with E-state index >= 15 is 0 Å². The van der Waals surface area contributed by atoms with Crippen LogP contribution in [0.3, 0.4) is 0 Å². The Labute approximate surface area is 77.1 Å². The summed E-state index contributed by atoms with van der Waals surface area (Å²) in [6.07, 6.45) is 6.56. The fourth-order valence-electron chi connectivity index (χ4n) is 1.06. The summed E-state index contributed by atoms with van der Waals surface area (Å²) >= 11 is 11.1. The Balaban J connectivity index is 2.12. The molecule has 62 valence electrons. The van der Waals surface area contributed by atoms with E-state index in [4.69, 9.17) is 23.2 Å². The van der Waals surface area contributed by atoms with Crippen LogP contribution in [0.1, 0.15) is 12.8 Å². The van der Waals surface area contributed by atoms with Crippen LogP contribution in [0.25, 0.3) is 0 Å². The van der Waals surface area contributed by atoms with Gasteiger partial charge in [-0.15, -0.1) is 0 Å². The normalized spacial score (nSPS) is 19.6. The highest BCUT2D eigenvalue weighted by Crippen LogP contribution is 2.10. The van der Waals surface area contributed by atoms with Gasteiger partial charge in [0.05, 0.1) is 0 Å². The molecular weight excluding hydrogens is 181 g/mol. The third-order valence-electron chi connectivity index (χ3n) is 1.69. The minimum atomic E-state index is 0.556. The Morgan fingerprint density at radius 3 is 2.73 bits per heavy atom. The average molecular weight is 192 g/mol. The third-order valence-corrected chi connectivity index (χ3v) is 2.30. The van der Waals surface area contributed by atoms with Crippen molar-refractivity contribution in [3.05, 3.63) is 22.7 Å². The van der Waals surface area contributed by atoms with Gasteiger partial charge in [-0.2, -0.15) is 0 Å². The summed E-state index contributed by atoms with van der Waals surface area (Å²) in [5.74, 6) is 0. The van der Waals surface area contributed by atoms with E-state index in [-0.39, 0.29) is 0 Å². The van der Waals surface area contributed by atoms with Crippen LogP contribution >= 0.6 is 23.2 Å². The van der Waals surface area contributed by atoms with Gasteiger partial charge in [-0.3, -0.25) is 0 Å². The molecule has 3 heteroatoms. The highest BCUT2D eigenvalue weighted by Gasteiger charge is 2.08. The summed E-state index contributed by atoms with van der Waals surface area (Å²) in [6, 6.07) is 0.556. The van der Waals surface area contributed by atoms with Crippen LogP contribution in [0.5, 0.6) is 0 Å². The van der Waals surface area contributed by atoms with Gasteiger partial charge < -0.3 is 5.32 Å². The summed E-state index contributed by atoms with van der Waals surface area (Å²) in [4.78, 5) is 0. The van der Waals surface area contributed by atoms with Crippen LogP contribution in [0, 0.1) is 0 Å². The molecule has 0 amide bonds. The SMILES string of the molecule is Cl/C=C(/Cl)CNC1CC=CC1. The second-order valence-electron chi connectivity index (χ2n) is 2.58. The fraction of sp³-hybridized carbons (Fsp3) is 0.500. The highest BCUT2D eigenvalue weighted by atomic mass is 35.5. The molecule has 1 N–H and O–H groups in total. The van der Waals surface area contributed by atoms with Gasteiger partial charge in [0.1, 0.15) is 0 Å². The standard InChI is InChI=1S/C8H11Cl2N/c9-5-7(10)6-11-8-3-1-2-4-8/h1-2,5,8,11H,3-4,6H2/b7-5+. The van der Waals surface area contributed by atoms with Crippen molar-refractivity contribution in [2.24, 2.45) is 0 Å². The second-order valence-corrected chi connectivity index (χ2v) is 3.28. The highest BCUT2D eigenvalue weighted by molar-refractivity contribution is 6.36. The largest absolute Gasteiger partial charge is 0.308 e. The van der Waals surface area contributed by atoms with E-state index in [1.54, 1.807) is 0 Å². The Morgan fingerprint density at radius 1 is 1.55 bits per heavy atom. The first-order chi connectivity index (χ1) is 5.33. The first-order valence-electron chi connectivity index (χ1n) is 3.66. The Morgan fingerprint density at radius 2 is 2.18 bits per heavy atom. The van der Waals surface area contributed by atoms with E-state index in [1.807, 2.05) is 0 Å². The smallest absolute Gasteiger partial charge is 0.0432 e. The first kappa shape index (κ1) is 9.11. The lowest BCUT2D eigenvalue weighted by molar-refractivity contribution is 0.571. The summed E-state index contributed by atoms with van der Waals surface area (Å²) < 4.78 is 0. The zero-order valence-electron chi connectivity index (χ0n) is 6.19. The second kappa shape index (κ2) is 4.81. The molecule has 0 aromatic rings. The van der Waals surface area contributed by atoms with E-state index in [2.05, 4.69) is 17.5 Å². The van der Waals surface area contributed by atoms with Gasteiger partial charge in [0.2, 0.25) is 0 Å². The molecular formula is C8H11Cl2N. The van der Waals surface area contributed by atoms with Gasteiger partial charge in [-0.25, -0.2) is 0 Å². The minimum Gasteiger partial charge on any atom is -0.308 e. The van der Waals surface area contributed by atoms with Gasteiger partial charge >= 0.3 is 0 Å². The van der Waals surface area contributed by atoms with Crippen LogP contribution in [0.2, 0.25) is 0 Å². The summed E-state index contributed by atoms with van der Waals surface area (Å²) in [5.41, 5.74) is 1.40. The maximum absolute atomic E-state index is 5.69. The lowest BCUT2D eigenvalue weighted by Gasteiger charge is -2.10. The molecule has 0 bridgehead atoms. The molecule has 1 aliphatic carbocycles. The molecule has 0 aromatic heterocycles. The molecule has 0 saturated heterocycles. The molecule has 1 rings (SSSR count). The van der Waals surface area contributed by atoms with Gasteiger partial charge in [0.25, 0.3) is 0 Å². The fourth-order valence-corrected chi connectivity index (χ4v) is 1.22. The van der Waals surface area contributed by atoms with E-state index in [0.29, 0.717) is 17.6 Å². The lowest BCUT2D eigenvalue weighted by atomic mass is 10.2.